The topological polar surface area (TPSA) is 35.2 Å². The average molecular weight is 213 g/mol. The van der Waals surface area contributed by atoms with Gasteiger partial charge >= 0.3 is 0 Å². The Labute approximate surface area is 87.0 Å². The van der Waals surface area contributed by atoms with Crippen LogP contribution >= 0.6 is 0 Å². The third kappa shape index (κ3) is 2.26. The zero-order chi connectivity index (χ0) is 10.8. The molecule has 0 aromatic heterocycles. The van der Waals surface area contributed by atoms with Crippen LogP contribution in [0.25, 0.3) is 0 Å². The lowest BCUT2D eigenvalue weighted by Crippen LogP contribution is -2.08. The van der Waals surface area contributed by atoms with Gasteiger partial charge in [0.2, 0.25) is 0 Å². The van der Waals surface area contributed by atoms with Gasteiger partial charge in [0.05, 0.1) is 0 Å². The van der Waals surface area contributed by atoms with Crippen molar-refractivity contribution in [3.8, 4) is 5.75 Å². The molecular weight excluding hydrogens is 200 g/mol. The number of alkyl halides is 2. The lowest BCUT2D eigenvalue weighted by atomic mass is 10.1. The Morgan fingerprint density at radius 3 is 3.00 bits per heavy atom. The van der Waals surface area contributed by atoms with Gasteiger partial charge in [-0.25, -0.2) is 8.78 Å². The Kier molecular flexibility index (Phi) is 2.86. The molecule has 0 saturated carbocycles. The van der Waals surface area contributed by atoms with Crippen molar-refractivity contribution in [2.45, 2.75) is 25.3 Å². The van der Waals surface area contributed by atoms with E-state index in [-0.39, 0.29) is 6.04 Å². The summed E-state index contributed by atoms with van der Waals surface area (Å²) in [6.07, 6.45) is -0.601. The van der Waals surface area contributed by atoms with Crippen LogP contribution < -0.4 is 10.5 Å². The van der Waals surface area contributed by atoms with Crippen LogP contribution in [-0.4, -0.2) is 13.0 Å². The van der Waals surface area contributed by atoms with Crippen molar-refractivity contribution in [2.75, 3.05) is 6.61 Å². The van der Waals surface area contributed by atoms with Gasteiger partial charge in [-0.2, -0.15) is 0 Å². The number of nitrogens with two attached hydrogens (primary N) is 1. The maximum absolute atomic E-state index is 11.9. The highest BCUT2D eigenvalue weighted by molar-refractivity contribution is 5.40. The van der Waals surface area contributed by atoms with Crippen molar-refractivity contribution in [1.82, 2.24) is 0 Å². The van der Waals surface area contributed by atoms with Gasteiger partial charge in [0.1, 0.15) is 12.4 Å². The molecule has 1 aromatic carbocycles. The Balaban J connectivity index is 2.09. The highest BCUT2D eigenvalue weighted by Gasteiger charge is 2.19. The fourth-order valence-corrected chi connectivity index (χ4v) is 1.88. The maximum atomic E-state index is 11.9. The second kappa shape index (κ2) is 4.14. The summed E-state index contributed by atoms with van der Waals surface area (Å²) in [5.74, 6) is 0.503. The summed E-state index contributed by atoms with van der Waals surface area (Å²) in [5, 5.41) is 0. The molecule has 1 aliphatic carbocycles. The summed E-state index contributed by atoms with van der Waals surface area (Å²) < 4.78 is 28.8. The van der Waals surface area contributed by atoms with Crippen LogP contribution in [0, 0.1) is 0 Å². The Bertz CT molecular complexity index is 354. The first kappa shape index (κ1) is 10.4. The molecule has 0 bridgehead atoms. The van der Waals surface area contributed by atoms with Gasteiger partial charge in [-0.05, 0) is 36.1 Å². The quantitative estimate of drug-likeness (QED) is 0.836. The zero-order valence-corrected chi connectivity index (χ0v) is 8.25. The summed E-state index contributed by atoms with van der Waals surface area (Å²) in [7, 11) is 0. The molecule has 2 N–H and O–H groups in total. The number of aryl methyl sites for hydroxylation is 1. The average Bonchev–Trinajstić information content (AvgIpc) is 2.57. The molecule has 0 saturated heterocycles. The molecule has 82 valence electrons. The molecule has 1 atom stereocenters. The predicted molar refractivity (Wildman–Crippen MR) is 53.2 cm³/mol. The summed E-state index contributed by atoms with van der Waals surface area (Å²) in [5.41, 5.74) is 8.09. The Morgan fingerprint density at radius 1 is 1.47 bits per heavy atom. The number of halogens is 2. The molecule has 4 heteroatoms. The highest BCUT2D eigenvalue weighted by atomic mass is 19.3. The second-order valence-electron chi connectivity index (χ2n) is 3.71. The Morgan fingerprint density at radius 2 is 2.27 bits per heavy atom. The van der Waals surface area contributed by atoms with E-state index in [0.717, 1.165) is 24.0 Å². The van der Waals surface area contributed by atoms with Crippen LogP contribution in [0.1, 0.15) is 23.6 Å². The summed E-state index contributed by atoms with van der Waals surface area (Å²) in [6, 6.07) is 5.47. The molecule has 1 aromatic rings. The van der Waals surface area contributed by atoms with E-state index in [0.29, 0.717) is 5.75 Å². The fourth-order valence-electron chi connectivity index (χ4n) is 1.88. The first-order valence-corrected chi connectivity index (χ1v) is 4.96. The molecule has 0 fully saturated rings. The molecule has 0 radical (unpaired) electrons. The number of ether oxygens (including phenoxy) is 1. The number of hydrogen-bond donors (Lipinski definition) is 1. The molecule has 0 heterocycles. The van der Waals surface area contributed by atoms with Crippen molar-refractivity contribution in [3.63, 3.8) is 0 Å². The monoisotopic (exact) mass is 213 g/mol. The maximum Gasteiger partial charge on any atom is 0.272 e. The van der Waals surface area contributed by atoms with Crippen LogP contribution in [0.3, 0.4) is 0 Å². The van der Waals surface area contributed by atoms with E-state index < -0.39 is 13.0 Å². The van der Waals surface area contributed by atoms with Crippen molar-refractivity contribution in [3.05, 3.63) is 29.3 Å². The van der Waals surface area contributed by atoms with Crippen LogP contribution in [0.15, 0.2) is 18.2 Å². The number of hydrogen-bond acceptors (Lipinski definition) is 2. The normalized spacial score (nSPS) is 19.3. The fraction of sp³-hybridized carbons (Fsp3) is 0.455. The standard InChI is InChI=1S/C11H13F2NO/c12-11(13)6-15-8-2-3-9-7(5-8)1-4-10(9)14/h2-3,5,10-11H,1,4,6,14H2/t10-/m0/s1. The summed E-state index contributed by atoms with van der Waals surface area (Å²) in [6.45, 7) is -0.551. The predicted octanol–water partition coefficient (Wildman–Crippen LogP) is 2.28. The van der Waals surface area contributed by atoms with Gasteiger partial charge in [0.25, 0.3) is 6.43 Å². The molecule has 0 spiro atoms. The number of fused-ring (bicyclic) bond motifs is 1. The Hall–Kier alpha value is -1.16. The minimum atomic E-state index is -2.43. The smallest absolute Gasteiger partial charge is 0.272 e. The molecule has 0 amide bonds. The van der Waals surface area contributed by atoms with E-state index in [2.05, 4.69) is 0 Å². The van der Waals surface area contributed by atoms with Gasteiger partial charge in [0.15, 0.2) is 0 Å². The lowest BCUT2D eigenvalue weighted by molar-refractivity contribution is 0.0818. The van der Waals surface area contributed by atoms with E-state index in [1.54, 1.807) is 6.07 Å². The molecule has 15 heavy (non-hydrogen) atoms. The first-order valence-electron chi connectivity index (χ1n) is 4.96. The number of rotatable bonds is 3. The summed E-state index contributed by atoms with van der Waals surface area (Å²) >= 11 is 0. The molecule has 0 aliphatic heterocycles. The van der Waals surface area contributed by atoms with Crippen LogP contribution in [0.2, 0.25) is 0 Å². The lowest BCUT2D eigenvalue weighted by Gasteiger charge is -2.08. The van der Waals surface area contributed by atoms with Gasteiger partial charge in [0, 0.05) is 6.04 Å². The third-order valence-electron chi connectivity index (χ3n) is 2.61. The second-order valence-corrected chi connectivity index (χ2v) is 3.71. The van der Waals surface area contributed by atoms with Crippen molar-refractivity contribution in [2.24, 2.45) is 5.73 Å². The van der Waals surface area contributed by atoms with Gasteiger partial charge < -0.3 is 10.5 Å². The van der Waals surface area contributed by atoms with E-state index >= 15 is 0 Å². The molecular formula is C11H13F2NO. The van der Waals surface area contributed by atoms with E-state index in [1.807, 2.05) is 12.1 Å². The van der Waals surface area contributed by atoms with Gasteiger partial charge in [-0.15, -0.1) is 0 Å². The number of benzene rings is 1. The van der Waals surface area contributed by atoms with Crippen LogP contribution in [0.4, 0.5) is 8.78 Å². The molecule has 0 unspecified atom stereocenters. The van der Waals surface area contributed by atoms with Crippen molar-refractivity contribution in [1.29, 1.82) is 0 Å². The molecule has 2 nitrogen and oxygen atoms in total. The van der Waals surface area contributed by atoms with Gasteiger partial charge in [-0.3, -0.25) is 0 Å². The molecule has 2 rings (SSSR count). The first-order chi connectivity index (χ1) is 7.16. The van der Waals surface area contributed by atoms with E-state index in [9.17, 15) is 8.78 Å². The zero-order valence-electron chi connectivity index (χ0n) is 8.25. The minimum absolute atomic E-state index is 0.0872. The third-order valence-corrected chi connectivity index (χ3v) is 2.61. The minimum Gasteiger partial charge on any atom is -0.488 e. The van der Waals surface area contributed by atoms with Crippen LogP contribution in [0.5, 0.6) is 5.75 Å². The largest absolute Gasteiger partial charge is 0.488 e. The van der Waals surface area contributed by atoms with Crippen LogP contribution in [-0.2, 0) is 6.42 Å². The van der Waals surface area contributed by atoms with E-state index in [4.69, 9.17) is 10.5 Å². The highest BCUT2D eigenvalue weighted by Crippen LogP contribution is 2.31. The van der Waals surface area contributed by atoms with Crippen molar-refractivity contribution < 1.29 is 13.5 Å². The van der Waals surface area contributed by atoms with E-state index in [1.165, 1.54) is 0 Å². The van der Waals surface area contributed by atoms with Gasteiger partial charge in [-0.1, -0.05) is 6.07 Å². The molecule has 1 aliphatic rings. The summed E-state index contributed by atoms with van der Waals surface area (Å²) in [4.78, 5) is 0. The van der Waals surface area contributed by atoms with Crippen molar-refractivity contribution >= 4 is 0 Å². The SMILES string of the molecule is N[C@H]1CCc2cc(OCC(F)F)ccc21.